The maximum atomic E-state index is 5.76. The molecule has 2 saturated heterocycles. The molecule has 0 amide bonds. The number of epoxide rings is 1. The zero-order valence-electron chi connectivity index (χ0n) is 7.86. The van der Waals surface area contributed by atoms with Crippen LogP contribution >= 0.6 is 15.9 Å². The Morgan fingerprint density at radius 2 is 2.57 bits per heavy atom. The number of fused-ring (bicyclic) bond motifs is 1. The van der Waals surface area contributed by atoms with Crippen LogP contribution in [-0.2, 0) is 22.1 Å². The molecule has 0 N–H and O–H groups in total. The third-order valence-corrected chi connectivity index (χ3v) is 3.58. The van der Waals surface area contributed by atoms with Crippen LogP contribution in [0.2, 0.25) is 0 Å². The molecule has 76 valence electrons. The van der Waals surface area contributed by atoms with E-state index < -0.39 is 0 Å². The summed E-state index contributed by atoms with van der Waals surface area (Å²) in [6, 6.07) is 0. The number of ether oxygens (including phenoxy) is 2. The lowest BCUT2D eigenvalue weighted by molar-refractivity contribution is 0.0958. The lowest BCUT2D eigenvalue weighted by Gasteiger charge is -2.18. The van der Waals surface area contributed by atoms with Gasteiger partial charge in [0.1, 0.15) is 11.7 Å². The maximum Gasteiger partial charge on any atom is 0.142 e. The summed E-state index contributed by atoms with van der Waals surface area (Å²) in [5, 5.41) is 4.21. The van der Waals surface area contributed by atoms with Crippen molar-refractivity contribution in [3.05, 3.63) is 16.4 Å². The Kier molecular flexibility index (Phi) is 1.78. The van der Waals surface area contributed by atoms with Crippen molar-refractivity contribution in [1.82, 2.24) is 9.78 Å². The van der Waals surface area contributed by atoms with Crippen LogP contribution in [0.3, 0.4) is 0 Å². The van der Waals surface area contributed by atoms with E-state index in [-0.39, 0.29) is 11.7 Å². The molecule has 0 spiro atoms. The first-order valence-electron chi connectivity index (χ1n) is 4.67. The predicted molar refractivity (Wildman–Crippen MR) is 52.9 cm³/mol. The molecule has 2 atom stereocenters. The van der Waals surface area contributed by atoms with Gasteiger partial charge in [0.25, 0.3) is 0 Å². The zero-order chi connectivity index (χ0) is 9.76. The zero-order valence-corrected chi connectivity index (χ0v) is 9.45. The van der Waals surface area contributed by atoms with Crippen LogP contribution in [0.15, 0.2) is 10.7 Å². The molecule has 2 aliphatic rings. The molecule has 0 bridgehead atoms. The maximum absolute atomic E-state index is 5.76. The number of rotatable bonds is 1. The van der Waals surface area contributed by atoms with Gasteiger partial charge in [-0.25, -0.2) is 0 Å². The summed E-state index contributed by atoms with van der Waals surface area (Å²) >= 11 is 3.51. The molecule has 14 heavy (non-hydrogen) atoms. The molecule has 1 aromatic rings. The minimum absolute atomic E-state index is 0.123. The molecular formula is C9H11BrN2O2. The van der Waals surface area contributed by atoms with Crippen molar-refractivity contribution < 1.29 is 9.47 Å². The number of nitrogens with zero attached hydrogens (tertiary/aromatic N) is 2. The topological polar surface area (TPSA) is 39.6 Å². The molecule has 3 rings (SSSR count). The summed E-state index contributed by atoms with van der Waals surface area (Å²) in [6.07, 6.45) is 2.97. The van der Waals surface area contributed by atoms with Gasteiger partial charge in [0.15, 0.2) is 0 Å². The van der Waals surface area contributed by atoms with Crippen molar-refractivity contribution in [3.8, 4) is 0 Å². The van der Waals surface area contributed by atoms with E-state index in [0.29, 0.717) is 6.61 Å². The van der Waals surface area contributed by atoms with Crippen molar-refractivity contribution in [2.45, 2.75) is 18.1 Å². The second-order valence-electron chi connectivity index (χ2n) is 3.79. The van der Waals surface area contributed by atoms with Gasteiger partial charge in [-0.2, -0.15) is 5.10 Å². The third-order valence-electron chi connectivity index (χ3n) is 3.00. The van der Waals surface area contributed by atoms with E-state index in [4.69, 9.17) is 9.47 Å². The van der Waals surface area contributed by atoms with Gasteiger partial charge < -0.3 is 9.47 Å². The highest BCUT2D eigenvalue weighted by Crippen LogP contribution is 2.52. The number of hydrogen-bond acceptors (Lipinski definition) is 3. The molecule has 2 fully saturated rings. The fraction of sp³-hybridized carbons (Fsp3) is 0.667. The van der Waals surface area contributed by atoms with E-state index in [1.54, 1.807) is 0 Å². The molecular weight excluding hydrogens is 248 g/mol. The Bertz CT molecular complexity index is 359. The molecule has 5 heteroatoms. The molecule has 3 heterocycles. The van der Waals surface area contributed by atoms with E-state index in [2.05, 4.69) is 21.0 Å². The van der Waals surface area contributed by atoms with Crippen molar-refractivity contribution in [2.24, 2.45) is 7.05 Å². The molecule has 0 unspecified atom stereocenters. The van der Waals surface area contributed by atoms with E-state index >= 15 is 0 Å². The Morgan fingerprint density at radius 1 is 1.71 bits per heavy atom. The van der Waals surface area contributed by atoms with Crippen molar-refractivity contribution >= 4 is 15.9 Å². The third kappa shape index (κ3) is 1.03. The molecule has 2 aliphatic heterocycles. The molecule has 0 aromatic carbocycles. The standard InChI is InChI=1S/C9H11BrN2O2/c1-12-8(6(10)4-11-12)9-2-3-13-5-7(9)14-9/h4,7H,2-3,5H2,1H3/t7-,9+/m1/s1. The van der Waals surface area contributed by atoms with Gasteiger partial charge in [-0.1, -0.05) is 0 Å². The minimum atomic E-state index is -0.123. The highest BCUT2D eigenvalue weighted by molar-refractivity contribution is 9.10. The lowest BCUT2D eigenvalue weighted by atomic mass is 9.96. The summed E-state index contributed by atoms with van der Waals surface area (Å²) in [7, 11) is 1.95. The average Bonchev–Trinajstić information content (AvgIpc) is 2.81. The van der Waals surface area contributed by atoms with Crippen molar-refractivity contribution in [3.63, 3.8) is 0 Å². The Morgan fingerprint density at radius 3 is 3.21 bits per heavy atom. The van der Waals surface area contributed by atoms with Gasteiger partial charge in [-0.05, 0) is 15.9 Å². The Balaban J connectivity index is 2.03. The highest BCUT2D eigenvalue weighted by atomic mass is 79.9. The second kappa shape index (κ2) is 2.81. The normalized spacial score (nSPS) is 35.4. The van der Waals surface area contributed by atoms with Crippen LogP contribution < -0.4 is 0 Å². The highest BCUT2D eigenvalue weighted by Gasteiger charge is 2.61. The Labute approximate surface area is 90.3 Å². The molecule has 0 saturated carbocycles. The minimum Gasteiger partial charge on any atom is -0.378 e. The quantitative estimate of drug-likeness (QED) is 0.711. The van der Waals surface area contributed by atoms with E-state index in [1.807, 2.05) is 17.9 Å². The van der Waals surface area contributed by atoms with Gasteiger partial charge >= 0.3 is 0 Å². The monoisotopic (exact) mass is 258 g/mol. The number of halogens is 1. The first-order chi connectivity index (χ1) is 6.74. The molecule has 1 aromatic heterocycles. The molecule has 0 aliphatic carbocycles. The van der Waals surface area contributed by atoms with Crippen LogP contribution in [-0.4, -0.2) is 29.1 Å². The fourth-order valence-corrected chi connectivity index (χ4v) is 2.92. The van der Waals surface area contributed by atoms with Gasteiger partial charge in [0.2, 0.25) is 0 Å². The first kappa shape index (κ1) is 8.88. The summed E-state index contributed by atoms with van der Waals surface area (Å²) in [4.78, 5) is 0. The number of aryl methyl sites for hydroxylation is 1. The van der Waals surface area contributed by atoms with Gasteiger partial charge in [0, 0.05) is 20.1 Å². The van der Waals surface area contributed by atoms with Crippen LogP contribution in [0.5, 0.6) is 0 Å². The number of aromatic nitrogens is 2. The fourth-order valence-electron chi connectivity index (χ4n) is 2.24. The molecule has 4 nitrogen and oxygen atoms in total. The average molecular weight is 259 g/mol. The summed E-state index contributed by atoms with van der Waals surface area (Å²) in [5.74, 6) is 0. The largest absolute Gasteiger partial charge is 0.378 e. The summed E-state index contributed by atoms with van der Waals surface area (Å²) in [5.41, 5.74) is 1.02. The van der Waals surface area contributed by atoms with Gasteiger partial charge in [-0.3, -0.25) is 4.68 Å². The van der Waals surface area contributed by atoms with Crippen LogP contribution in [0.4, 0.5) is 0 Å². The first-order valence-corrected chi connectivity index (χ1v) is 5.47. The van der Waals surface area contributed by atoms with Gasteiger partial charge in [0.05, 0.1) is 23.0 Å². The molecule has 0 radical (unpaired) electrons. The Hall–Kier alpha value is -0.390. The summed E-state index contributed by atoms with van der Waals surface area (Å²) in [6.45, 7) is 1.48. The SMILES string of the molecule is Cn1ncc(Br)c1[C@]12CCOC[C@H]1O2. The second-order valence-corrected chi connectivity index (χ2v) is 4.64. The lowest BCUT2D eigenvalue weighted by Crippen LogP contribution is -2.27. The van der Waals surface area contributed by atoms with Crippen LogP contribution in [0.1, 0.15) is 12.1 Å². The summed E-state index contributed by atoms with van der Waals surface area (Å²) < 4.78 is 14.0. The van der Waals surface area contributed by atoms with E-state index in [9.17, 15) is 0 Å². The van der Waals surface area contributed by atoms with E-state index in [0.717, 1.165) is 23.2 Å². The number of hydrogen-bond donors (Lipinski definition) is 0. The van der Waals surface area contributed by atoms with E-state index in [1.165, 1.54) is 0 Å². The predicted octanol–water partition coefficient (Wildman–Crippen LogP) is 1.20. The smallest absolute Gasteiger partial charge is 0.142 e. The van der Waals surface area contributed by atoms with Crippen molar-refractivity contribution in [2.75, 3.05) is 13.2 Å². The van der Waals surface area contributed by atoms with Crippen LogP contribution in [0.25, 0.3) is 0 Å². The van der Waals surface area contributed by atoms with Gasteiger partial charge in [-0.15, -0.1) is 0 Å². The van der Waals surface area contributed by atoms with Crippen molar-refractivity contribution in [1.29, 1.82) is 0 Å². The van der Waals surface area contributed by atoms with Crippen LogP contribution in [0, 0.1) is 0 Å².